The van der Waals surface area contributed by atoms with E-state index in [4.69, 9.17) is 14.2 Å². The number of amides is 1. The van der Waals surface area contributed by atoms with Crippen LogP contribution in [0.15, 0.2) is 42.5 Å². The summed E-state index contributed by atoms with van der Waals surface area (Å²) in [5.74, 6) is -0.584. The minimum Gasteiger partial charge on any atom is -0.486 e. The van der Waals surface area contributed by atoms with Gasteiger partial charge in [-0.05, 0) is 48.9 Å². The van der Waals surface area contributed by atoms with E-state index in [1.54, 1.807) is 19.1 Å². The average Bonchev–Trinajstić information content (AvgIpc) is 2.76. The maximum absolute atomic E-state index is 12.9. The molecule has 2 aromatic rings. The van der Waals surface area contributed by atoms with Crippen LogP contribution < -0.4 is 14.8 Å². The molecule has 0 saturated carbocycles. The van der Waals surface area contributed by atoms with Gasteiger partial charge in [0.15, 0.2) is 23.9 Å². The standard InChI is InChI=1S/C22H22FNO6/c1-14(16-4-8-19-20(12-16)29-11-10-28-19)24-21(26)13-30-22(27)9-7-18(25)15-2-5-17(23)6-3-15/h2-6,8,12,14H,7,9-11,13H2,1H3,(H,24,26). The van der Waals surface area contributed by atoms with Gasteiger partial charge in [-0.1, -0.05) is 6.07 Å². The lowest BCUT2D eigenvalue weighted by Gasteiger charge is -2.21. The van der Waals surface area contributed by atoms with Crippen molar-refractivity contribution in [1.82, 2.24) is 5.32 Å². The zero-order chi connectivity index (χ0) is 21.5. The van der Waals surface area contributed by atoms with Crippen LogP contribution in [0.5, 0.6) is 11.5 Å². The fourth-order valence-corrected chi connectivity index (χ4v) is 2.91. The van der Waals surface area contributed by atoms with Crippen molar-refractivity contribution in [2.45, 2.75) is 25.8 Å². The summed E-state index contributed by atoms with van der Waals surface area (Å²) in [5, 5.41) is 2.74. The van der Waals surface area contributed by atoms with E-state index in [0.717, 1.165) is 5.56 Å². The molecule has 158 valence electrons. The maximum Gasteiger partial charge on any atom is 0.306 e. The van der Waals surface area contributed by atoms with Crippen LogP contribution in [0.1, 0.15) is 41.7 Å². The molecule has 30 heavy (non-hydrogen) atoms. The molecule has 1 heterocycles. The van der Waals surface area contributed by atoms with Crippen LogP contribution in [-0.4, -0.2) is 37.5 Å². The van der Waals surface area contributed by atoms with Gasteiger partial charge in [0.05, 0.1) is 12.5 Å². The van der Waals surface area contributed by atoms with Crippen LogP contribution in [-0.2, 0) is 14.3 Å². The number of carbonyl (C=O) groups excluding carboxylic acids is 3. The third-order valence-corrected chi connectivity index (χ3v) is 4.53. The van der Waals surface area contributed by atoms with Gasteiger partial charge >= 0.3 is 5.97 Å². The number of hydrogen-bond donors (Lipinski definition) is 1. The number of ketones is 1. The molecule has 0 spiro atoms. The molecule has 1 N–H and O–H groups in total. The van der Waals surface area contributed by atoms with Crippen molar-refractivity contribution in [3.63, 3.8) is 0 Å². The highest BCUT2D eigenvalue weighted by molar-refractivity contribution is 5.97. The fraction of sp³-hybridized carbons (Fsp3) is 0.318. The van der Waals surface area contributed by atoms with Gasteiger partial charge in [-0.3, -0.25) is 14.4 Å². The number of esters is 1. The second-order valence-electron chi connectivity index (χ2n) is 6.78. The Hall–Kier alpha value is -3.42. The molecule has 0 radical (unpaired) electrons. The van der Waals surface area contributed by atoms with Crippen LogP contribution in [0, 0.1) is 5.82 Å². The van der Waals surface area contributed by atoms with Crippen LogP contribution in [0.3, 0.4) is 0 Å². The number of nitrogens with one attached hydrogen (secondary N) is 1. The smallest absolute Gasteiger partial charge is 0.306 e. The van der Waals surface area contributed by atoms with Crippen molar-refractivity contribution in [2.24, 2.45) is 0 Å². The molecular weight excluding hydrogens is 393 g/mol. The van der Waals surface area contributed by atoms with E-state index in [2.05, 4.69) is 5.32 Å². The summed E-state index contributed by atoms with van der Waals surface area (Å²) in [4.78, 5) is 35.8. The monoisotopic (exact) mass is 415 g/mol. The predicted molar refractivity (Wildman–Crippen MR) is 105 cm³/mol. The van der Waals surface area contributed by atoms with E-state index in [0.29, 0.717) is 30.3 Å². The molecule has 3 rings (SSSR count). The number of hydrogen-bond acceptors (Lipinski definition) is 6. The van der Waals surface area contributed by atoms with Crippen molar-refractivity contribution in [2.75, 3.05) is 19.8 Å². The molecule has 1 aliphatic rings. The van der Waals surface area contributed by atoms with Crippen LogP contribution in [0.2, 0.25) is 0 Å². The average molecular weight is 415 g/mol. The Morgan fingerprint density at radius 2 is 1.73 bits per heavy atom. The zero-order valence-corrected chi connectivity index (χ0v) is 16.5. The zero-order valence-electron chi connectivity index (χ0n) is 16.5. The molecule has 2 aromatic carbocycles. The summed E-state index contributed by atoms with van der Waals surface area (Å²) < 4.78 is 28.8. The van der Waals surface area contributed by atoms with Gasteiger partial charge in [-0.2, -0.15) is 0 Å². The van der Waals surface area contributed by atoms with Crippen molar-refractivity contribution < 1.29 is 33.0 Å². The second kappa shape index (κ2) is 9.87. The highest BCUT2D eigenvalue weighted by Crippen LogP contribution is 2.32. The van der Waals surface area contributed by atoms with E-state index >= 15 is 0 Å². The minimum absolute atomic E-state index is 0.0836. The third-order valence-electron chi connectivity index (χ3n) is 4.53. The molecule has 0 fully saturated rings. The van der Waals surface area contributed by atoms with Gasteiger partial charge in [0.25, 0.3) is 5.91 Å². The summed E-state index contributed by atoms with van der Waals surface area (Å²) in [6, 6.07) is 10.2. The first kappa shape index (κ1) is 21.3. The Morgan fingerprint density at radius 1 is 1.03 bits per heavy atom. The van der Waals surface area contributed by atoms with Gasteiger partial charge in [0.2, 0.25) is 0 Å². The fourth-order valence-electron chi connectivity index (χ4n) is 2.91. The molecule has 8 heteroatoms. The number of fused-ring (bicyclic) bond motifs is 1. The summed E-state index contributed by atoms with van der Waals surface area (Å²) in [7, 11) is 0. The quantitative estimate of drug-likeness (QED) is 0.527. The molecule has 1 amide bonds. The van der Waals surface area contributed by atoms with Crippen LogP contribution in [0.4, 0.5) is 4.39 Å². The summed E-state index contributed by atoms with van der Waals surface area (Å²) in [5.41, 5.74) is 1.14. The highest BCUT2D eigenvalue weighted by Gasteiger charge is 2.17. The molecule has 0 bridgehead atoms. The predicted octanol–water partition coefficient (Wildman–Crippen LogP) is 2.98. The number of halogens is 1. The number of rotatable bonds is 8. The Morgan fingerprint density at radius 3 is 2.47 bits per heavy atom. The molecule has 0 aliphatic carbocycles. The summed E-state index contributed by atoms with van der Waals surface area (Å²) in [6.45, 7) is 2.32. The molecule has 1 unspecified atom stereocenters. The lowest BCUT2D eigenvalue weighted by molar-refractivity contribution is -0.148. The second-order valence-corrected chi connectivity index (χ2v) is 6.78. The SMILES string of the molecule is CC(NC(=O)COC(=O)CCC(=O)c1ccc(F)cc1)c1ccc2c(c1)OCCO2. The van der Waals surface area contributed by atoms with Gasteiger partial charge in [-0.25, -0.2) is 4.39 Å². The molecule has 7 nitrogen and oxygen atoms in total. The molecule has 1 aliphatic heterocycles. The first-order valence-electron chi connectivity index (χ1n) is 9.55. The lowest BCUT2D eigenvalue weighted by Crippen LogP contribution is -2.31. The van der Waals surface area contributed by atoms with Gasteiger partial charge < -0.3 is 19.5 Å². The van der Waals surface area contributed by atoms with E-state index in [1.807, 2.05) is 6.07 Å². The molecular formula is C22H22FNO6. The first-order chi connectivity index (χ1) is 14.4. The van der Waals surface area contributed by atoms with Crippen molar-refractivity contribution in [3.8, 4) is 11.5 Å². The Balaban J connectivity index is 1.41. The van der Waals surface area contributed by atoms with E-state index in [-0.39, 0.29) is 24.7 Å². The minimum atomic E-state index is -0.660. The summed E-state index contributed by atoms with van der Waals surface area (Å²) >= 11 is 0. The number of benzene rings is 2. The van der Waals surface area contributed by atoms with E-state index < -0.39 is 24.3 Å². The Bertz CT molecular complexity index is 928. The van der Waals surface area contributed by atoms with E-state index in [9.17, 15) is 18.8 Å². The van der Waals surface area contributed by atoms with Gasteiger partial charge in [-0.15, -0.1) is 0 Å². The van der Waals surface area contributed by atoms with Crippen molar-refractivity contribution in [3.05, 3.63) is 59.4 Å². The van der Waals surface area contributed by atoms with Crippen molar-refractivity contribution in [1.29, 1.82) is 0 Å². The molecule has 0 saturated heterocycles. The van der Waals surface area contributed by atoms with Crippen LogP contribution in [0.25, 0.3) is 0 Å². The first-order valence-corrected chi connectivity index (χ1v) is 9.55. The maximum atomic E-state index is 12.9. The van der Waals surface area contributed by atoms with Gasteiger partial charge in [0.1, 0.15) is 19.0 Å². The Labute approximate surface area is 173 Å². The third kappa shape index (κ3) is 5.79. The molecule has 1 atom stereocenters. The number of ether oxygens (including phenoxy) is 3. The Kier molecular flexibility index (Phi) is 7.00. The number of Topliss-reactive ketones (excluding diaryl/α,β-unsaturated/α-hetero) is 1. The molecule has 0 aromatic heterocycles. The number of carbonyl (C=O) groups is 3. The van der Waals surface area contributed by atoms with Crippen molar-refractivity contribution >= 4 is 17.7 Å². The van der Waals surface area contributed by atoms with Crippen LogP contribution >= 0.6 is 0 Å². The largest absolute Gasteiger partial charge is 0.486 e. The van der Waals surface area contributed by atoms with E-state index in [1.165, 1.54) is 24.3 Å². The van der Waals surface area contributed by atoms with Gasteiger partial charge in [0, 0.05) is 12.0 Å². The summed E-state index contributed by atoms with van der Waals surface area (Å²) in [6.07, 6.45) is -0.249. The highest BCUT2D eigenvalue weighted by atomic mass is 19.1. The topological polar surface area (TPSA) is 90.9 Å². The lowest BCUT2D eigenvalue weighted by atomic mass is 10.1. The normalized spacial score (nSPS) is 13.3.